The largest absolute Gasteiger partial charge is 0.382 e. The van der Waals surface area contributed by atoms with E-state index in [1.54, 1.807) is 13.1 Å². The summed E-state index contributed by atoms with van der Waals surface area (Å²) in [6.45, 7) is 7.21. The normalized spacial score (nSPS) is 12.8. The summed E-state index contributed by atoms with van der Waals surface area (Å²) in [5.41, 5.74) is 1.69. The van der Waals surface area contributed by atoms with Crippen molar-refractivity contribution in [3.8, 4) is 0 Å². The first kappa shape index (κ1) is 15.4. The summed E-state index contributed by atoms with van der Waals surface area (Å²) < 4.78 is 0. The van der Waals surface area contributed by atoms with Gasteiger partial charge in [0, 0.05) is 25.7 Å². The molecule has 19 heavy (non-hydrogen) atoms. The molecule has 0 aliphatic rings. The topological polar surface area (TPSA) is 58.4 Å². The third kappa shape index (κ3) is 3.67. The minimum atomic E-state index is -0.346. The third-order valence-electron chi connectivity index (χ3n) is 3.66. The highest BCUT2D eigenvalue weighted by atomic mass is 16.6. The Balaban J connectivity index is 3.01. The second-order valence-corrected chi connectivity index (χ2v) is 5.22. The summed E-state index contributed by atoms with van der Waals surface area (Å²) in [6, 6.07) is 5.62. The molecule has 0 radical (unpaired) electrons. The lowest BCUT2D eigenvalue weighted by Gasteiger charge is -2.28. The average molecular weight is 265 g/mol. The lowest BCUT2D eigenvalue weighted by Crippen LogP contribution is -2.32. The quantitative estimate of drug-likeness (QED) is 0.634. The van der Waals surface area contributed by atoms with Crippen LogP contribution in [0.25, 0.3) is 0 Å². The van der Waals surface area contributed by atoms with Gasteiger partial charge in [-0.1, -0.05) is 26.0 Å². The van der Waals surface area contributed by atoms with Crippen molar-refractivity contribution in [3.05, 3.63) is 33.9 Å². The minimum absolute atomic E-state index is 0.130. The maximum absolute atomic E-state index is 11.0. The third-order valence-corrected chi connectivity index (χ3v) is 3.66. The second kappa shape index (κ2) is 6.52. The molecule has 0 aromatic heterocycles. The van der Waals surface area contributed by atoms with E-state index >= 15 is 0 Å². The molecule has 0 amide bonds. The fourth-order valence-electron chi connectivity index (χ4n) is 2.08. The number of hydrogen-bond donors (Lipinski definition) is 1. The molecule has 0 saturated heterocycles. The van der Waals surface area contributed by atoms with Crippen LogP contribution in [0.15, 0.2) is 18.2 Å². The van der Waals surface area contributed by atoms with E-state index in [1.807, 2.05) is 13.1 Å². The molecule has 5 nitrogen and oxygen atoms in total. The molecule has 106 valence electrons. The molecule has 0 bridgehead atoms. The number of benzene rings is 1. The second-order valence-electron chi connectivity index (χ2n) is 5.22. The summed E-state index contributed by atoms with van der Waals surface area (Å²) in [4.78, 5) is 12.9. The summed E-state index contributed by atoms with van der Waals surface area (Å²) >= 11 is 0. The van der Waals surface area contributed by atoms with Crippen LogP contribution in [0.3, 0.4) is 0 Å². The lowest BCUT2D eigenvalue weighted by atomic mass is 10.0. The van der Waals surface area contributed by atoms with E-state index in [2.05, 4.69) is 31.0 Å². The molecule has 0 aliphatic heterocycles. The Morgan fingerprint density at radius 3 is 2.47 bits per heavy atom. The predicted molar refractivity (Wildman–Crippen MR) is 78.4 cm³/mol. The molecule has 1 N–H and O–H groups in total. The van der Waals surface area contributed by atoms with Crippen LogP contribution in [0, 0.1) is 16.0 Å². The molecule has 1 atom stereocenters. The van der Waals surface area contributed by atoms with Crippen molar-refractivity contribution < 1.29 is 4.92 Å². The van der Waals surface area contributed by atoms with Gasteiger partial charge in [-0.2, -0.15) is 0 Å². The molecule has 0 spiro atoms. The molecule has 0 fully saturated rings. The summed E-state index contributed by atoms with van der Waals surface area (Å²) in [5, 5.41) is 14.0. The number of anilines is 1. The SMILES string of the molecule is CNc1c(CN(C)C(C)C(C)C)cccc1[N+](=O)[O-]. The van der Waals surface area contributed by atoms with Crippen molar-refractivity contribution >= 4 is 11.4 Å². The van der Waals surface area contributed by atoms with Crippen LogP contribution >= 0.6 is 0 Å². The van der Waals surface area contributed by atoms with E-state index < -0.39 is 0 Å². The summed E-state index contributed by atoms with van der Waals surface area (Å²) in [5.74, 6) is 0.543. The van der Waals surface area contributed by atoms with Gasteiger partial charge in [0.1, 0.15) is 5.69 Å². The first-order chi connectivity index (χ1) is 8.88. The van der Waals surface area contributed by atoms with Gasteiger partial charge in [-0.15, -0.1) is 0 Å². The zero-order valence-corrected chi connectivity index (χ0v) is 12.3. The van der Waals surface area contributed by atoms with Gasteiger partial charge in [0.05, 0.1) is 4.92 Å². The maximum atomic E-state index is 11.0. The predicted octanol–water partition coefficient (Wildman–Crippen LogP) is 3.11. The van der Waals surface area contributed by atoms with Crippen molar-refractivity contribution in [2.24, 2.45) is 5.92 Å². The van der Waals surface area contributed by atoms with Crippen LogP contribution in [0.1, 0.15) is 26.3 Å². The Labute approximate surface area is 114 Å². The Morgan fingerprint density at radius 1 is 1.37 bits per heavy atom. The van der Waals surface area contributed by atoms with Gasteiger partial charge in [0.15, 0.2) is 0 Å². The van der Waals surface area contributed by atoms with Gasteiger partial charge >= 0.3 is 0 Å². The standard InChI is InChI=1S/C14H23N3O2/c1-10(2)11(3)16(5)9-12-7-6-8-13(17(18)19)14(12)15-4/h6-8,10-11,15H,9H2,1-5H3. The molecular formula is C14H23N3O2. The van der Waals surface area contributed by atoms with E-state index in [1.165, 1.54) is 6.07 Å². The van der Waals surface area contributed by atoms with Crippen LogP contribution < -0.4 is 5.32 Å². The highest BCUT2D eigenvalue weighted by molar-refractivity contribution is 5.66. The van der Waals surface area contributed by atoms with Crippen molar-refractivity contribution in [2.45, 2.75) is 33.4 Å². The number of hydrogen-bond acceptors (Lipinski definition) is 4. The molecular weight excluding hydrogens is 242 g/mol. The van der Waals surface area contributed by atoms with Crippen LogP contribution in [-0.2, 0) is 6.54 Å². The van der Waals surface area contributed by atoms with E-state index in [0.717, 1.165) is 5.56 Å². The van der Waals surface area contributed by atoms with Gasteiger partial charge < -0.3 is 5.32 Å². The van der Waals surface area contributed by atoms with E-state index in [4.69, 9.17) is 0 Å². The molecule has 5 heteroatoms. The number of nitrogens with zero attached hydrogens (tertiary/aromatic N) is 2. The van der Waals surface area contributed by atoms with Gasteiger partial charge in [0.2, 0.25) is 0 Å². The Hall–Kier alpha value is -1.62. The fourth-order valence-corrected chi connectivity index (χ4v) is 2.08. The van der Waals surface area contributed by atoms with Crippen molar-refractivity contribution in [3.63, 3.8) is 0 Å². The van der Waals surface area contributed by atoms with E-state index in [-0.39, 0.29) is 10.6 Å². The van der Waals surface area contributed by atoms with E-state index in [0.29, 0.717) is 24.2 Å². The van der Waals surface area contributed by atoms with Crippen LogP contribution in [0.4, 0.5) is 11.4 Å². The first-order valence-corrected chi connectivity index (χ1v) is 6.52. The zero-order valence-electron chi connectivity index (χ0n) is 12.3. The Kier molecular flexibility index (Phi) is 5.30. The first-order valence-electron chi connectivity index (χ1n) is 6.52. The molecule has 0 heterocycles. The van der Waals surface area contributed by atoms with Gasteiger partial charge in [0.25, 0.3) is 5.69 Å². The zero-order chi connectivity index (χ0) is 14.6. The minimum Gasteiger partial charge on any atom is -0.382 e. The van der Waals surface area contributed by atoms with Crippen LogP contribution in [-0.4, -0.2) is 30.0 Å². The molecule has 1 unspecified atom stereocenters. The van der Waals surface area contributed by atoms with Crippen molar-refractivity contribution in [1.29, 1.82) is 0 Å². The smallest absolute Gasteiger partial charge is 0.292 e. The van der Waals surface area contributed by atoms with Gasteiger partial charge in [-0.3, -0.25) is 15.0 Å². The van der Waals surface area contributed by atoms with Gasteiger partial charge in [-0.25, -0.2) is 0 Å². The number of para-hydroxylation sites is 1. The highest BCUT2D eigenvalue weighted by Gasteiger charge is 2.19. The summed E-state index contributed by atoms with van der Waals surface area (Å²) in [7, 11) is 3.76. The molecule has 0 aliphatic carbocycles. The van der Waals surface area contributed by atoms with E-state index in [9.17, 15) is 10.1 Å². The number of nitro groups is 1. The molecule has 0 saturated carbocycles. The number of rotatable bonds is 6. The Morgan fingerprint density at radius 2 is 2.00 bits per heavy atom. The number of nitrogens with one attached hydrogen (secondary N) is 1. The molecule has 1 aromatic carbocycles. The van der Waals surface area contributed by atoms with Crippen molar-refractivity contribution in [2.75, 3.05) is 19.4 Å². The van der Waals surface area contributed by atoms with Crippen LogP contribution in [0.5, 0.6) is 0 Å². The Bertz CT molecular complexity index is 446. The lowest BCUT2D eigenvalue weighted by molar-refractivity contribution is -0.384. The molecule has 1 rings (SSSR count). The molecule has 1 aromatic rings. The van der Waals surface area contributed by atoms with Crippen LogP contribution in [0.2, 0.25) is 0 Å². The monoisotopic (exact) mass is 265 g/mol. The number of nitro benzene ring substituents is 1. The fraction of sp³-hybridized carbons (Fsp3) is 0.571. The maximum Gasteiger partial charge on any atom is 0.292 e. The van der Waals surface area contributed by atoms with Crippen molar-refractivity contribution in [1.82, 2.24) is 4.90 Å². The average Bonchev–Trinajstić information content (AvgIpc) is 2.37. The summed E-state index contributed by atoms with van der Waals surface area (Å²) in [6.07, 6.45) is 0. The highest BCUT2D eigenvalue weighted by Crippen LogP contribution is 2.29. The van der Waals surface area contributed by atoms with Gasteiger partial charge in [-0.05, 0) is 25.5 Å².